The van der Waals surface area contributed by atoms with Gasteiger partial charge in [0.25, 0.3) is 5.91 Å². The number of benzene rings is 1. The molecule has 0 aliphatic rings. The van der Waals surface area contributed by atoms with Gasteiger partial charge in [-0.05, 0) is 39.0 Å². The molecular formula is C12H17ClN2O2. The molecule has 0 saturated heterocycles. The van der Waals surface area contributed by atoms with E-state index in [1.54, 1.807) is 18.2 Å². The third-order valence-corrected chi connectivity index (χ3v) is 2.08. The summed E-state index contributed by atoms with van der Waals surface area (Å²) in [7, 11) is 0. The first kappa shape index (κ1) is 13.6. The molecule has 5 heteroatoms. The topological polar surface area (TPSA) is 64.3 Å². The molecule has 1 amide bonds. The Kier molecular flexibility index (Phi) is 4.23. The summed E-state index contributed by atoms with van der Waals surface area (Å²) in [5.74, 6) is 0.269. The minimum Gasteiger partial charge on any atom is -0.482 e. The van der Waals surface area contributed by atoms with Crippen LogP contribution in [-0.4, -0.2) is 18.1 Å². The van der Waals surface area contributed by atoms with Gasteiger partial charge < -0.3 is 15.8 Å². The Hall–Kier alpha value is -1.42. The van der Waals surface area contributed by atoms with E-state index >= 15 is 0 Å². The quantitative estimate of drug-likeness (QED) is 0.815. The van der Waals surface area contributed by atoms with Crippen LogP contribution in [0.2, 0.25) is 5.02 Å². The van der Waals surface area contributed by atoms with Gasteiger partial charge in [0.1, 0.15) is 5.75 Å². The lowest BCUT2D eigenvalue weighted by Gasteiger charge is -2.20. The first-order chi connectivity index (χ1) is 7.78. The third kappa shape index (κ3) is 4.95. The van der Waals surface area contributed by atoms with Gasteiger partial charge in [0.05, 0.1) is 5.69 Å². The highest BCUT2D eigenvalue weighted by atomic mass is 35.5. The van der Waals surface area contributed by atoms with E-state index in [2.05, 4.69) is 5.32 Å². The van der Waals surface area contributed by atoms with Gasteiger partial charge in [-0.3, -0.25) is 4.79 Å². The number of nitrogens with one attached hydrogen (secondary N) is 1. The van der Waals surface area contributed by atoms with E-state index in [0.29, 0.717) is 16.5 Å². The van der Waals surface area contributed by atoms with Crippen LogP contribution in [0.15, 0.2) is 18.2 Å². The molecular weight excluding hydrogens is 240 g/mol. The Labute approximate surface area is 106 Å². The molecule has 0 radical (unpaired) electrons. The van der Waals surface area contributed by atoms with Crippen molar-refractivity contribution < 1.29 is 9.53 Å². The summed E-state index contributed by atoms with van der Waals surface area (Å²) in [5, 5.41) is 3.33. The average molecular weight is 257 g/mol. The van der Waals surface area contributed by atoms with Crippen LogP contribution in [-0.2, 0) is 4.79 Å². The highest BCUT2D eigenvalue weighted by Crippen LogP contribution is 2.24. The van der Waals surface area contributed by atoms with Crippen molar-refractivity contribution in [2.45, 2.75) is 26.3 Å². The van der Waals surface area contributed by atoms with Crippen LogP contribution < -0.4 is 15.8 Å². The molecule has 0 aliphatic heterocycles. The van der Waals surface area contributed by atoms with E-state index in [9.17, 15) is 4.79 Å². The lowest BCUT2D eigenvalue weighted by molar-refractivity contribution is -0.124. The largest absolute Gasteiger partial charge is 0.482 e. The van der Waals surface area contributed by atoms with Crippen molar-refractivity contribution >= 4 is 23.2 Å². The summed E-state index contributed by atoms with van der Waals surface area (Å²) < 4.78 is 5.30. The van der Waals surface area contributed by atoms with E-state index in [4.69, 9.17) is 22.1 Å². The summed E-state index contributed by atoms with van der Waals surface area (Å²) in [4.78, 5) is 11.5. The van der Waals surface area contributed by atoms with Gasteiger partial charge in [-0.15, -0.1) is 0 Å². The van der Waals surface area contributed by atoms with Gasteiger partial charge in [-0.1, -0.05) is 11.6 Å². The van der Waals surface area contributed by atoms with Crippen LogP contribution in [0.4, 0.5) is 5.69 Å². The molecule has 0 saturated carbocycles. The van der Waals surface area contributed by atoms with Crippen molar-refractivity contribution in [1.82, 2.24) is 5.32 Å². The second-order valence-corrected chi connectivity index (χ2v) is 5.21. The molecule has 1 rings (SSSR count). The molecule has 0 atom stereocenters. The fourth-order valence-corrected chi connectivity index (χ4v) is 1.43. The number of rotatable bonds is 3. The summed E-state index contributed by atoms with van der Waals surface area (Å²) in [6.45, 7) is 5.65. The zero-order chi connectivity index (χ0) is 13.1. The van der Waals surface area contributed by atoms with Crippen molar-refractivity contribution in [3.05, 3.63) is 23.2 Å². The third-order valence-electron chi connectivity index (χ3n) is 1.85. The zero-order valence-electron chi connectivity index (χ0n) is 10.2. The van der Waals surface area contributed by atoms with Crippen molar-refractivity contribution in [2.75, 3.05) is 12.3 Å². The summed E-state index contributed by atoms with van der Waals surface area (Å²) >= 11 is 5.75. The molecule has 0 fully saturated rings. The minimum atomic E-state index is -0.272. The number of carbonyl (C=O) groups excluding carboxylic acids is 1. The van der Waals surface area contributed by atoms with E-state index in [0.717, 1.165) is 0 Å². The van der Waals surface area contributed by atoms with E-state index in [-0.39, 0.29) is 18.1 Å². The van der Waals surface area contributed by atoms with Crippen LogP contribution in [0.25, 0.3) is 0 Å². The average Bonchev–Trinajstić information content (AvgIpc) is 2.13. The highest BCUT2D eigenvalue weighted by molar-refractivity contribution is 6.30. The van der Waals surface area contributed by atoms with Gasteiger partial charge in [-0.25, -0.2) is 0 Å². The minimum absolute atomic E-state index is 0.0664. The maximum absolute atomic E-state index is 11.5. The standard InChI is InChI=1S/C12H17ClN2O2/c1-12(2,3)15-11(16)7-17-10-5-4-8(13)6-9(10)14/h4-6H,7,14H2,1-3H3,(H,15,16). The number of hydrogen-bond donors (Lipinski definition) is 2. The van der Waals surface area contributed by atoms with Crippen molar-refractivity contribution in [2.24, 2.45) is 0 Å². The summed E-state index contributed by atoms with van der Waals surface area (Å²) in [6.07, 6.45) is 0. The van der Waals surface area contributed by atoms with Gasteiger partial charge in [0.2, 0.25) is 0 Å². The number of nitrogen functional groups attached to an aromatic ring is 1. The fraction of sp³-hybridized carbons (Fsp3) is 0.417. The van der Waals surface area contributed by atoms with Gasteiger partial charge >= 0.3 is 0 Å². The second kappa shape index (κ2) is 5.27. The Morgan fingerprint density at radius 1 is 1.47 bits per heavy atom. The molecule has 0 heterocycles. The number of ether oxygens (including phenoxy) is 1. The number of nitrogens with two attached hydrogens (primary N) is 1. The van der Waals surface area contributed by atoms with E-state index in [1.165, 1.54) is 0 Å². The van der Waals surface area contributed by atoms with Crippen LogP contribution in [0.1, 0.15) is 20.8 Å². The van der Waals surface area contributed by atoms with Crippen LogP contribution in [0.5, 0.6) is 5.75 Å². The molecule has 94 valence electrons. The normalized spacial score (nSPS) is 11.1. The Morgan fingerprint density at radius 3 is 2.65 bits per heavy atom. The fourth-order valence-electron chi connectivity index (χ4n) is 1.25. The number of hydrogen-bond acceptors (Lipinski definition) is 3. The van der Waals surface area contributed by atoms with Crippen molar-refractivity contribution in [1.29, 1.82) is 0 Å². The van der Waals surface area contributed by atoms with Gasteiger partial charge in [-0.2, -0.15) is 0 Å². The summed E-state index contributed by atoms with van der Waals surface area (Å²) in [5.41, 5.74) is 5.84. The number of carbonyl (C=O) groups is 1. The smallest absolute Gasteiger partial charge is 0.258 e. The lowest BCUT2D eigenvalue weighted by Crippen LogP contribution is -2.43. The van der Waals surface area contributed by atoms with Crippen LogP contribution in [0, 0.1) is 0 Å². The molecule has 1 aromatic rings. The first-order valence-corrected chi connectivity index (χ1v) is 5.64. The maximum Gasteiger partial charge on any atom is 0.258 e. The van der Waals surface area contributed by atoms with E-state index in [1.807, 2.05) is 20.8 Å². The molecule has 0 unspecified atom stereocenters. The predicted molar refractivity (Wildman–Crippen MR) is 69.3 cm³/mol. The van der Waals surface area contributed by atoms with Crippen molar-refractivity contribution in [3.8, 4) is 5.75 Å². The monoisotopic (exact) mass is 256 g/mol. The molecule has 4 nitrogen and oxygen atoms in total. The van der Waals surface area contributed by atoms with Crippen LogP contribution >= 0.6 is 11.6 Å². The molecule has 0 aliphatic carbocycles. The molecule has 17 heavy (non-hydrogen) atoms. The Balaban J connectivity index is 2.53. The first-order valence-electron chi connectivity index (χ1n) is 5.27. The number of anilines is 1. The maximum atomic E-state index is 11.5. The number of amides is 1. The number of halogens is 1. The molecule has 3 N–H and O–H groups in total. The molecule has 0 bridgehead atoms. The highest BCUT2D eigenvalue weighted by Gasteiger charge is 2.14. The SMILES string of the molecule is CC(C)(C)NC(=O)COc1ccc(Cl)cc1N. The second-order valence-electron chi connectivity index (χ2n) is 4.77. The zero-order valence-corrected chi connectivity index (χ0v) is 11.0. The van der Waals surface area contributed by atoms with Gasteiger partial charge in [0, 0.05) is 10.6 Å². The summed E-state index contributed by atoms with van der Waals surface area (Å²) in [6, 6.07) is 4.88. The van der Waals surface area contributed by atoms with Gasteiger partial charge in [0.15, 0.2) is 6.61 Å². The molecule has 0 spiro atoms. The molecule has 0 aromatic heterocycles. The van der Waals surface area contributed by atoms with Crippen LogP contribution in [0.3, 0.4) is 0 Å². The predicted octanol–water partition coefficient (Wildman–Crippen LogP) is 2.22. The van der Waals surface area contributed by atoms with Crippen molar-refractivity contribution in [3.63, 3.8) is 0 Å². The van der Waals surface area contributed by atoms with E-state index < -0.39 is 0 Å². The Bertz CT molecular complexity index is 413. The lowest BCUT2D eigenvalue weighted by atomic mass is 10.1. The molecule has 1 aromatic carbocycles. The Morgan fingerprint density at radius 2 is 2.12 bits per heavy atom.